The van der Waals surface area contributed by atoms with Gasteiger partial charge in [-0.05, 0) is 56.0 Å². The predicted molar refractivity (Wildman–Crippen MR) is 81.1 cm³/mol. The Morgan fingerprint density at radius 2 is 2.05 bits per heavy atom. The van der Waals surface area contributed by atoms with Gasteiger partial charge in [0.15, 0.2) is 0 Å². The van der Waals surface area contributed by atoms with Gasteiger partial charge >= 0.3 is 0 Å². The molecule has 1 saturated heterocycles. The number of likely N-dealkylation sites (tertiary alicyclic amines) is 1. The normalized spacial score (nSPS) is 24.6. The third-order valence-electron chi connectivity index (χ3n) is 3.96. The first-order valence-electron chi connectivity index (χ1n) is 6.71. The van der Waals surface area contributed by atoms with Crippen LogP contribution in [0.15, 0.2) is 18.2 Å². The molecule has 0 aromatic heterocycles. The summed E-state index contributed by atoms with van der Waals surface area (Å²) in [5.41, 5.74) is 1.27. The molecule has 106 valence electrons. The molecule has 0 radical (unpaired) electrons. The fraction of sp³-hybridized carbons (Fsp3) is 0.600. The smallest absolute Gasteiger partial charge is 0.0595 e. The van der Waals surface area contributed by atoms with E-state index in [0.29, 0.717) is 21.9 Å². The molecule has 0 amide bonds. The van der Waals surface area contributed by atoms with Crippen LogP contribution in [-0.4, -0.2) is 38.8 Å². The maximum absolute atomic E-state index is 6.09. The lowest BCUT2D eigenvalue weighted by Crippen LogP contribution is -2.40. The summed E-state index contributed by atoms with van der Waals surface area (Å²) in [7, 11) is 3.96. The van der Waals surface area contributed by atoms with E-state index in [2.05, 4.69) is 18.0 Å². The lowest BCUT2D eigenvalue weighted by Gasteiger charge is -2.36. The minimum absolute atomic E-state index is 0.596. The molecule has 1 aromatic rings. The van der Waals surface area contributed by atoms with Crippen LogP contribution in [0, 0.1) is 11.8 Å². The molecule has 1 aliphatic heterocycles. The quantitative estimate of drug-likeness (QED) is 0.840. The molecule has 1 fully saturated rings. The second-order valence-corrected chi connectivity index (χ2v) is 6.29. The summed E-state index contributed by atoms with van der Waals surface area (Å²) in [6, 6.07) is 5.96. The number of rotatable bonds is 4. The first kappa shape index (κ1) is 15.1. The molecule has 0 N–H and O–H groups in total. The van der Waals surface area contributed by atoms with E-state index in [1.54, 1.807) is 7.11 Å². The molecule has 0 spiro atoms. The number of nitrogens with zero attached hydrogens (tertiary/aromatic N) is 1. The highest BCUT2D eigenvalue weighted by Gasteiger charge is 2.27. The first-order chi connectivity index (χ1) is 9.10. The maximum Gasteiger partial charge on any atom is 0.0595 e. The molecule has 0 bridgehead atoms. The van der Waals surface area contributed by atoms with Crippen LogP contribution >= 0.6 is 23.2 Å². The second kappa shape index (κ2) is 6.94. The van der Waals surface area contributed by atoms with Crippen LogP contribution in [0.4, 0.5) is 0 Å². The second-order valence-electron chi connectivity index (χ2n) is 5.48. The summed E-state index contributed by atoms with van der Waals surface area (Å²) in [6.07, 6.45) is 2.27. The third-order valence-corrected chi connectivity index (χ3v) is 4.70. The summed E-state index contributed by atoms with van der Waals surface area (Å²) >= 11 is 12.0. The van der Waals surface area contributed by atoms with Gasteiger partial charge in [0.1, 0.15) is 0 Å². The van der Waals surface area contributed by atoms with Crippen molar-refractivity contribution in [1.29, 1.82) is 0 Å². The van der Waals surface area contributed by atoms with Crippen molar-refractivity contribution in [2.45, 2.75) is 12.8 Å². The number of methoxy groups -OCH3 is 1. The van der Waals surface area contributed by atoms with Crippen LogP contribution in [0.1, 0.15) is 12.0 Å². The number of hydrogen-bond acceptors (Lipinski definition) is 2. The van der Waals surface area contributed by atoms with Crippen LogP contribution in [0.25, 0.3) is 0 Å². The molecular weight excluding hydrogens is 281 g/mol. The van der Waals surface area contributed by atoms with Gasteiger partial charge < -0.3 is 9.64 Å². The van der Waals surface area contributed by atoms with E-state index in [4.69, 9.17) is 27.9 Å². The summed E-state index contributed by atoms with van der Waals surface area (Å²) < 4.78 is 5.37. The molecule has 19 heavy (non-hydrogen) atoms. The van der Waals surface area contributed by atoms with Gasteiger partial charge in [0.05, 0.1) is 16.7 Å². The molecule has 2 atom stereocenters. The van der Waals surface area contributed by atoms with E-state index in [-0.39, 0.29) is 0 Å². The van der Waals surface area contributed by atoms with Crippen LogP contribution < -0.4 is 0 Å². The Morgan fingerprint density at radius 1 is 1.26 bits per heavy atom. The maximum atomic E-state index is 6.09. The number of ether oxygens (including phenoxy) is 1. The average Bonchev–Trinajstić information content (AvgIpc) is 2.37. The Bertz CT molecular complexity index is 425. The fourth-order valence-electron chi connectivity index (χ4n) is 2.90. The Hall–Kier alpha value is -0.280. The molecule has 0 unspecified atom stereocenters. The van der Waals surface area contributed by atoms with Crippen LogP contribution in [-0.2, 0) is 11.2 Å². The van der Waals surface area contributed by atoms with Gasteiger partial charge in [-0.25, -0.2) is 0 Å². The van der Waals surface area contributed by atoms with E-state index in [1.165, 1.54) is 12.0 Å². The van der Waals surface area contributed by atoms with Gasteiger partial charge in [0.2, 0.25) is 0 Å². The molecule has 2 nitrogen and oxygen atoms in total. The topological polar surface area (TPSA) is 12.5 Å². The molecule has 4 heteroatoms. The third kappa shape index (κ3) is 4.09. The van der Waals surface area contributed by atoms with Crippen LogP contribution in [0.5, 0.6) is 0 Å². The fourth-order valence-corrected chi connectivity index (χ4v) is 3.22. The Balaban J connectivity index is 2.05. The van der Waals surface area contributed by atoms with E-state index >= 15 is 0 Å². The largest absolute Gasteiger partial charge is 0.384 e. The summed E-state index contributed by atoms with van der Waals surface area (Å²) in [6.45, 7) is 3.10. The van der Waals surface area contributed by atoms with Crippen LogP contribution in [0.3, 0.4) is 0 Å². The molecule has 1 aliphatic rings. The molecule has 0 aliphatic carbocycles. The van der Waals surface area contributed by atoms with Gasteiger partial charge in [-0.15, -0.1) is 0 Å². The average molecular weight is 302 g/mol. The molecule has 0 saturated carbocycles. The molecular formula is C15H21Cl2NO. The van der Waals surface area contributed by atoms with Crippen molar-refractivity contribution in [2.75, 3.05) is 33.9 Å². The highest BCUT2D eigenvalue weighted by Crippen LogP contribution is 2.29. The van der Waals surface area contributed by atoms with E-state index in [0.717, 1.165) is 26.1 Å². The minimum Gasteiger partial charge on any atom is -0.384 e. The zero-order valence-corrected chi connectivity index (χ0v) is 13.0. The number of benzene rings is 1. The zero-order chi connectivity index (χ0) is 13.8. The number of hydrogen-bond donors (Lipinski definition) is 0. The summed E-state index contributed by atoms with van der Waals surface area (Å²) in [5.74, 6) is 1.26. The Morgan fingerprint density at radius 3 is 2.74 bits per heavy atom. The lowest BCUT2D eigenvalue weighted by molar-refractivity contribution is 0.0616. The Labute approximate surface area is 125 Å². The van der Waals surface area contributed by atoms with E-state index in [9.17, 15) is 0 Å². The van der Waals surface area contributed by atoms with E-state index < -0.39 is 0 Å². The Kier molecular flexibility index (Phi) is 5.52. The zero-order valence-electron chi connectivity index (χ0n) is 11.5. The van der Waals surface area contributed by atoms with Gasteiger partial charge in [-0.1, -0.05) is 29.3 Å². The number of halogens is 2. The lowest BCUT2D eigenvalue weighted by atomic mass is 9.82. The van der Waals surface area contributed by atoms with Gasteiger partial charge in [0.25, 0.3) is 0 Å². The molecule has 1 aromatic carbocycles. The van der Waals surface area contributed by atoms with Crippen molar-refractivity contribution in [3.05, 3.63) is 33.8 Å². The monoisotopic (exact) mass is 301 g/mol. The summed E-state index contributed by atoms with van der Waals surface area (Å²) in [4.78, 5) is 2.38. The molecule has 2 rings (SSSR count). The minimum atomic E-state index is 0.596. The predicted octanol–water partition coefficient (Wildman–Crippen LogP) is 3.75. The highest BCUT2D eigenvalue weighted by atomic mass is 35.5. The first-order valence-corrected chi connectivity index (χ1v) is 7.47. The van der Waals surface area contributed by atoms with Crippen molar-refractivity contribution in [3.63, 3.8) is 0 Å². The van der Waals surface area contributed by atoms with Gasteiger partial charge in [-0.2, -0.15) is 0 Å². The van der Waals surface area contributed by atoms with Crippen molar-refractivity contribution < 1.29 is 4.74 Å². The van der Waals surface area contributed by atoms with Crippen molar-refractivity contribution >= 4 is 23.2 Å². The number of piperidine rings is 1. The summed E-state index contributed by atoms with van der Waals surface area (Å²) in [5, 5.41) is 1.28. The molecule has 1 heterocycles. The van der Waals surface area contributed by atoms with Crippen molar-refractivity contribution in [2.24, 2.45) is 11.8 Å². The van der Waals surface area contributed by atoms with Crippen molar-refractivity contribution in [1.82, 2.24) is 4.90 Å². The van der Waals surface area contributed by atoms with Crippen LogP contribution in [0.2, 0.25) is 10.0 Å². The van der Waals surface area contributed by atoms with Gasteiger partial charge in [-0.3, -0.25) is 0 Å². The highest BCUT2D eigenvalue weighted by molar-refractivity contribution is 6.42. The van der Waals surface area contributed by atoms with Crippen molar-refractivity contribution in [3.8, 4) is 0 Å². The standard InChI is InChI=1S/C15H21Cl2NO/c1-18-6-5-12(13(9-18)10-19-2)7-11-3-4-14(16)15(17)8-11/h3-4,8,12-13H,5-7,9-10H2,1-2H3/t12-,13+/m1/s1. The SMILES string of the molecule is COC[C@@H]1CN(C)CC[C@@H]1Cc1ccc(Cl)c(Cl)c1. The van der Waals surface area contributed by atoms with E-state index in [1.807, 2.05) is 12.1 Å². The van der Waals surface area contributed by atoms with Gasteiger partial charge in [0, 0.05) is 13.7 Å².